The highest BCUT2D eigenvalue weighted by atomic mass is 16.5. The third-order valence-electron chi connectivity index (χ3n) is 4.72. The normalized spacial score (nSPS) is 10.5. The quantitative estimate of drug-likeness (QED) is 0.215. The molecule has 0 amide bonds. The minimum Gasteiger partial charge on any atom is -0.496 e. The van der Waals surface area contributed by atoms with E-state index >= 15 is 0 Å². The summed E-state index contributed by atoms with van der Waals surface area (Å²) < 4.78 is 22.1. The van der Waals surface area contributed by atoms with E-state index < -0.39 is 11.9 Å². The average molecular weight is 436 g/mol. The second kappa shape index (κ2) is 9.51. The number of furan rings is 1. The number of benzene rings is 2. The average Bonchev–Trinajstić information content (AvgIpc) is 3.09. The molecule has 0 saturated heterocycles. The van der Waals surface area contributed by atoms with Crippen LogP contribution in [0.4, 0.5) is 0 Å². The fourth-order valence-corrected chi connectivity index (χ4v) is 3.38. The highest BCUT2D eigenvalue weighted by Gasteiger charge is 2.23. The number of hydrogen-bond donors (Lipinski definition) is 0. The molecule has 0 bridgehead atoms. The van der Waals surface area contributed by atoms with Gasteiger partial charge in [-0.15, -0.1) is 0 Å². The number of carbonyl (C=O) groups excluding carboxylic acids is 3. The van der Waals surface area contributed by atoms with Crippen molar-refractivity contribution in [3.05, 3.63) is 53.1 Å². The Balaban J connectivity index is 2.27. The molecule has 0 fully saturated rings. The monoisotopic (exact) mass is 436 g/mol. The van der Waals surface area contributed by atoms with Crippen LogP contribution in [0.2, 0.25) is 0 Å². The molecule has 166 valence electrons. The second-order valence-electron chi connectivity index (χ2n) is 7.42. The van der Waals surface area contributed by atoms with Gasteiger partial charge in [0.15, 0.2) is 6.29 Å². The number of esters is 2. The van der Waals surface area contributed by atoms with Crippen molar-refractivity contribution in [3.63, 3.8) is 0 Å². The molecule has 0 aliphatic heterocycles. The Morgan fingerprint density at radius 3 is 2.28 bits per heavy atom. The summed E-state index contributed by atoms with van der Waals surface area (Å²) in [6.45, 7) is 6.51. The largest absolute Gasteiger partial charge is 0.496 e. The van der Waals surface area contributed by atoms with Gasteiger partial charge in [0.1, 0.15) is 28.6 Å². The SMILES string of the molecule is COc1ccc2c(C=O)c(-c3ccc(OC(C)=O)cc3OC(C)=O)oc2c1CC=C(C)C. The zero-order valence-electron chi connectivity index (χ0n) is 18.6. The first-order chi connectivity index (χ1) is 15.2. The molecule has 0 unspecified atom stereocenters. The van der Waals surface area contributed by atoms with E-state index in [9.17, 15) is 14.4 Å². The van der Waals surface area contributed by atoms with Crippen LogP contribution >= 0.6 is 0 Å². The lowest BCUT2D eigenvalue weighted by molar-refractivity contribution is -0.132. The van der Waals surface area contributed by atoms with Crippen LogP contribution < -0.4 is 14.2 Å². The molecule has 0 spiro atoms. The van der Waals surface area contributed by atoms with Gasteiger partial charge in [-0.25, -0.2) is 0 Å². The Hall–Kier alpha value is -3.87. The van der Waals surface area contributed by atoms with Gasteiger partial charge < -0.3 is 18.6 Å². The van der Waals surface area contributed by atoms with Gasteiger partial charge in [0.05, 0.1) is 18.2 Å². The van der Waals surface area contributed by atoms with Gasteiger partial charge in [-0.05, 0) is 44.5 Å². The number of rotatable bonds is 7. The lowest BCUT2D eigenvalue weighted by Gasteiger charge is -2.10. The van der Waals surface area contributed by atoms with Crippen LogP contribution in [0, 0.1) is 0 Å². The smallest absolute Gasteiger partial charge is 0.308 e. The molecule has 7 nitrogen and oxygen atoms in total. The fourth-order valence-electron chi connectivity index (χ4n) is 3.38. The van der Waals surface area contributed by atoms with Gasteiger partial charge in [0.2, 0.25) is 0 Å². The lowest BCUT2D eigenvalue weighted by atomic mass is 10.0. The minimum atomic E-state index is -0.569. The van der Waals surface area contributed by atoms with Gasteiger partial charge in [-0.1, -0.05) is 11.6 Å². The Labute approximate surface area is 185 Å². The molecule has 2 aromatic carbocycles. The topological polar surface area (TPSA) is 92.0 Å². The van der Waals surface area contributed by atoms with E-state index in [-0.39, 0.29) is 17.3 Å². The van der Waals surface area contributed by atoms with Crippen LogP contribution in [0.25, 0.3) is 22.3 Å². The van der Waals surface area contributed by atoms with Crippen LogP contribution in [0.15, 0.2) is 46.4 Å². The third-order valence-corrected chi connectivity index (χ3v) is 4.72. The van der Waals surface area contributed by atoms with Crippen molar-refractivity contribution in [2.45, 2.75) is 34.1 Å². The highest BCUT2D eigenvalue weighted by Crippen LogP contribution is 2.42. The van der Waals surface area contributed by atoms with Crippen LogP contribution in [0.5, 0.6) is 17.2 Å². The second-order valence-corrected chi connectivity index (χ2v) is 7.42. The van der Waals surface area contributed by atoms with Crippen molar-refractivity contribution in [1.29, 1.82) is 0 Å². The summed E-state index contributed by atoms with van der Waals surface area (Å²) in [6.07, 6.45) is 3.30. The molecule has 1 aromatic heterocycles. The Bertz CT molecular complexity index is 1230. The summed E-state index contributed by atoms with van der Waals surface area (Å²) >= 11 is 0. The molecule has 7 heteroatoms. The van der Waals surface area contributed by atoms with Crippen LogP contribution in [0.1, 0.15) is 43.6 Å². The van der Waals surface area contributed by atoms with E-state index in [1.54, 1.807) is 25.3 Å². The minimum absolute atomic E-state index is 0.108. The van der Waals surface area contributed by atoms with Crippen molar-refractivity contribution < 1.29 is 33.0 Å². The summed E-state index contributed by atoms with van der Waals surface area (Å²) in [7, 11) is 1.57. The maximum atomic E-state index is 12.1. The van der Waals surface area contributed by atoms with Crippen LogP contribution in [-0.2, 0) is 16.0 Å². The molecule has 3 aromatic rings. The van der Waals surface area contributed by atoms with E-state index in [2.05, 4.69) is 0 Å². The number of allylic oxidation sites excluding steroid dienone is 2. The number of methoxy groups -OCH3 is 1. The van der Waals surface area contributed by atoms with E-state index in [1.165, 1.54) is 26.0 Å². The summed E-state index contributed by atoms with van der Waals surface area (Å²) in [5.41, 5.74) is 3.13. The van der Waals surface area contributed by atoms with Crippen molar-refractivity contribution in [2.75, 3.05) is 7.11 Å². The van der Waals surface area contributed by atoms with E-state index in [0.29, 0.717) is 40.6 Å². The number of aldehydes is 1. The van der Waals surface area contributed by atoms with Gasteiger partial charge in [-0.2, -0.15) is 0 Å². The molecule has 0 radical (unpaired) electrons. The molecule has 0 saturated carbocycles. The first-order valence-electron chi connectivity index (χ1n) is 9.97. The lowest BCUT2D eigenvalue weighted by Crippen LogP contribution is -2.05. The number of ether oxygens (including phenoxy) is 3. The van der Waals surface area contributed by atoms with E-state index in [1.807, 2.05) is 19.9 Å². The maximum absolute atomic E-state index is 12.1. The summed E-state index contributed by atoms with van der Waals surface area (Å²) in [4.78, 5) is 35.1. The Morgan fingerprint density at radius 1 is 0.969 bits per heavy atom. The van der Waals surface area contributed by atoms with Gasteiger partial charge in [0.25, 0.3) is 0 Å². The maximum Gasteiger partial charge on any atom is 0.308 e. The van der Waals surface area contributed by atoms with Crippen molar-refractivity contribution in [3.8, 4) is 28.6 Å². The fraction of sp³-hybridized carbons (Fsp3) is 0.240. The van der Waals surface area contributed by atoms with Gasteiger partial charge in [-0.3, -0.25) is 14.4 Å². The molecule has 1 heterocycles. The summed E-state index contributed by atoms with van der Waals surface area (Å²) in [5.74, 6) is 0.106. The van der Waals surface area contributed by atoms with E-state index in [4.69, 9.17) is 18.6 Å². The highest BCUT2D eigenvalue weighted by molar-refractivity contribution is 6.04. The van der Waals surface area contributed by atoms with Crippen LogP contribution in [-0.4, -0.2) is 25.3 Å². The predicted molar refractivity (Wildman–Crippen MR) is 119 cm³/mol. The van der Waals surface area contributed by atoms with Gasteiger partial charge in [0, 0.05) is 30.9 Å². The molecule has 0 N–H and O–H groups in total. The van der Waals surface area contributed by atoms with Gasteiger partial charge >= 0.3 is 11.9 Å². The molecule has 0 aliphatic rings. The zero-order valence-corrected chi connectivity index (χ0v) is 18.6. The molecule has 32 heavy (non-hydrogen) atoms. The van der Waals surface area contributed by atoms with Crippen molar-refractivity contribution in [1.82, 2.24) is 0 Å². The molecule has 3 rings (SSSR count). The number of carbonyl (C=O) groups is 3. The van der Waals surface area contributed by atoms with Crippen molar-refractivity contribution in [2.24, 2.45) is 0 Å². The Morgan fingerprint density at radius 2 is 1.69 bits per heavy atom. The first-order valence-corrected chi connectivity index (χ1v) is 9.97. The zero-order chi connectivity index (χ0) is 23.4. The summed E-state index contributed by atoms with van der Waals surface area (Å²) in [5, 5.41) is 0.616. The molecular formula is C25H24O7. The first kappa shape index (κ1) is 22.8. The predicted octanol–water partition coefficient (Wildman–Crippen LogP) is 5.28. The molecule has 0 atom stereocenters. The Kier molecular flexibility index (Phi) is 6.78. The standard InChI is InChI=1S/C25H24O7/c1-14(2)6-8-19-22(29-5)11-10-18-21(13-26)25(32-24(18)19)20-9-7-17(30-15(3)27)12-23(20)31-16(4)28/h6-7,9-13H,8H2,1-5H3. The number of hydrogen-bond acceptors (Lipinski definition) is 7. The number of fused-ring (bicyclic) bond motifs is 1. The third kappa shape index (κ3) is 4.72. The molecule has 0 aliphatic carbocycles. The van der Waals surface area contributed by atoms with Crippen LogP contribution in [0.3, 0.4) is 0 Å². The van der Waals surface area contributed by atoms with E-state index in [0.717, 1.165) is 11.1 Å². The molecular weight excluding hydrogens is 412 g/mol. The van der Waals surface area contributed by atoms with Crippen molar-refractivity contribution >= 4 is 29.2 Å². The summed E-state index contributed by atoms with van der Waals surface area (Å²) in [6, 6.07) is 8.07.